The highest BCUT2D eigenvalue weighted by atomic mass is 35.5. The molecule has 1 unspecified atom stereocenters. The van der Waals surface area contributed by atoms with Crippen LogP contribution in [-0.4, -0.2) is 91.6 Å². The van der Waals surface area contributed by atoms with Gasteiger partial charge in [-0.05, 0) is 115 Å². The molecule has 15 heteroatoms. The number of anilines is 1. The molecule has 0 spiro atoms. The summed E-state index contributed by atoms with van der Waals surface area (Å²) in [5.74, 6) is -1.10. The average molecular weight is 941 g/mol. The van der Waals surface area contributed by atoms with Crippen LogP contribution in [0.5, 0.6) is 5.75 Å². The smallest absolute Gasteiger partial charge is 0.355 e. The molecule has 5 heterocycles. The highest BCUT2D eigenvalue weighted by molar-refractivity contribution is 6.35. The molecule has 3 aliphatic heterocycles. The Hall–Kier alpha value is -6.51. The molecule has 1 atom stereocenters. The predicted molar refractivity (Wildman–Crippen MR) is 262 cm³/mol. The number of nitrogens with one attached hydrogen (secondary N) is 2. The van der Waals surface area contributed by atoms with Gasteiger partial charge in [-0.25, -0.2) is 4.79 Å². The number of imide groups is 1. The van der Waals surface area contributed by atoms with Crippen molar-refractivity contribution in [3.8, 4) is 16.9 Å². The van der Waals surface area contributed by atoms with Gasteiger partial charge in [0.05, 0.1) is 22.8 Å². The summed E-state index contributed by atoms with van der Waals surface area (Å²) in [5.41, 5.74) is 6.64. The molecule has 2 N–H and O–H groups in total. The Morgan fingerprint density at radius 2 is 1.65 bits per heavy atom. The fourth-order valence-electron chi connectivity index (χ4n) is 10.3. The topological polar surface area (TPSA) is 157 Å². The zero-order chi connectivity index (χ0) is 48.0. The molecule has 0 bridgehead atoms. The van der Waals surface area contributed by atoms with E-state index in [-0.39, 0.29) is 43.0 Å². The number of aryl methyl sites for hydroxylation is 3. The van der Waals surface area contributed by atoms with Gasteiger partial charge in [-0.2, -0.15) is 5.10 Å². The average Bonchev–Trinajstić information content (AvgIpc) is 3.90. The number of halogens is 1. The first-order valence-corrected chi connectivity index (χ1v) is 23.9. The van der Waals surface area contributed by atoms with Crippen LogP contribution < -0.4 is 15.4 Å². The molecule has 68 heavy (non-hydrogen) atoms. The van der Waals surface area contributed by atoms with Gasteiger partial charge in [-0.15, -0.1) is 0 Å². The first-order chi connectivity index (χ1) is 32.6. The molecule has 0 radical (unpaired) electrons. The van der Waals surface area contributed by atoms with Crippen molar-refractivity contribution in [3.05, 3.63) is 112 Å². The number of piperidine rings is 2. The molecule has 2 aromatic heterocycles. The lowest BCUT2D eigenvalue weighted by Crippen LogP contribution is -2.52. The summed E-state index contributed by atoms with van der Waals surface area (Å²) >= 11 is 7.22. The third-order valence-electron chi connectivity index (χ3n) is 13.6. The van der Waals surface area contributed by atoms with E-state index in [2.05, 4.69) is 38.3 Å². The third kappa shape index (κ3) is 9.11. The molecule has 4 amide bonds. The fraction of sp³-hybridized carbons (Fsp3) is 0.396. The van der Waals surface area contributed by atoms with Gasteiger partial charge < -0.3 is 29.2 Å². The molecule has 2 saturated heterocycles. The van der Waals surface area contributed by atoms with Gasteiger partial charge >= 0.3 is 5.97 Å². The molecule has 9 rings (SSSR count). The standard InChI is InChI=1S/C53H58ClN7O7/c1-31-45(32(2)58(6)57-31)46-40(54)20-19-37-36(16-11-29-67-43-18-9-13-33-12-7-8-14-35(33)43)48(52(66)68-53(3,4)5)60(47(37)46)28-27-59-25-23-34(24-26-59)49(63)55-41-17-10-15-38-39(41)30-61(51(38)65)42-21-22-44(62)56-50(42)64/h7-10,12-15,17-20,34,42H,11,16,21-30H2,1-6H3,(H,55,63)(H,56,62,64). The molecule has 6 aromatic rings. The highest BCUT2D eigenvalue weighted by Crippen LogP contribution is 2.43. The molecule has 4 aromatic carbocycles. The number of aromatic nitrogens is 3. The molecule has 0 aliphatic carbocycles. The van der Waals surface area contributed by atoms with Crippen LogP contribution in [0.15, 0.2) is 72.8 Å². The summed E-state index contributed by atoms with van der Waals surface area (Å²) in [6.45, 7) is 12.6. The second kappa shape index (κ2) is 18.9. The van der Waals surface area contributed by atoms with Crippen molar-refractivity contribution in [2.45, 2.75) is 97.9 Å². The Morgan fingerprint density at radius 3 is 2.38 bits per heavy atom. The van der Waals surface area contributed by atoms with Crippen LogP contribution in [0.1, 0.15) is 96.2 Å². The Bertz CT molecular complexity index is 2990. The number of carbonyl (C=O) groups is 5. The lowest BCUT2D eigenvalue weighted by molar-refractivity contribution is -0.137. The largest absolute Gasteiger partial charge is 0.493 e. The summed E-state index contributed by atoms with van der Waals surface area (Å²) in [6, 6.07) is 22.6. The minimum Gasteiger partial charge on any atom is -0.493 e. The van der Waals surface area contributed by atoms with Crippen LogP contribution in [-0.2, 0) is 45.7 Å². The first-order valence-electron chi connectivity index (χ1n) is 23.6. The Balaban J connectivity index is 0.961. The van der Waals surface area contributed by atoms with Crippen molar-refractivity contribution in [1.29, 1.82) is 0 Å². The number of amides is 4. The van der Waals surface area contributed by atoms with Gasteiger partial charge in [0, 0.05) is 83.4 Å². The molecule has 14 nitrogen and oxygen atoms in total. The van der Waals surface area contributed by atoms with Gasteiger partial charge in [0.1, 0.15) is 23.1 Å². The number of benzene rings is 4. The molecule has 2 fully saturated rings. The quantitative estimate of drug-likeness (QED) is 0.0658. The maximum absolute atomic E-state index is 14.6. The molecule has 0 saturated carbocycles. The maximum atomic E-state index is 14.6. The Morgan fingerprint density at radius 1 is 0.897 bits per heavy atom. The number of rotatable bonds is 13. The zero-order valence-electron chi connectivity index (χ0n) is 39.5. The van der Waals surface area contributed by atoms with Gasteiger partial charge in [-0.3, -0.25) is 29.2 Å². The van der Waals surface area contributed by atoms with Crippen molar-refractivity contribution in [2.75, 3.05) is 31.6 Å². The molecular formula is C53H58ClN7O7. The van der Waals surface area contributed by atoms with Crippen molar-refractivity contribution in [3.63, 3.8) is 0 Å². The van der Waals surface area contributed by atoms with E-state index in [9.17, 15) is 24.0 Å². The zero-order valence-corrected chi connectivity index (χ0v) is 40.3. The Kier molecular flexibility index (Phi) is 12.9. The van der Waals surface area contributed by atoms with Crippen molar-refractivity contribution >= 4 is 68.6 Å². The Labute approximate surface area is 400 Å². The van der Waals surface area contributed by atoms with Crippen LogP contribution in [0.4, 0.5) is 5.69 Å². The van der Waals surface area contributed by atoms with Crippen LogP contribution in [0.25, 0.3) is 32.8 Å². The van der Waals surface area contributed by atoms with E-state index < -0.39 is 23.5 Å². The first kappa shape index (κ1) is 46.6. The number of nitrogens with zero attached hydrogens (tertiary/aromatic N) is 5. The van der Waals surface area contributed by atoms with E-state index in [0.29, 0.717) is 86.0 Å². The highest BCUT2D eigenvalue weighted by Gasteiger charge is 2.40. The second-order valence-electron chi connectivity index (χ2n) is 19.2. The van der Waals surface area contributed by atoms with Crippen LogP contribution in [0.3, 0.4) is 0 Å². The summed E-state index contributed by atoms with van der Waals surface area (Å²) < 4.78 is 16.6. The third-order valence-corrected chi connectivity index (χ3v) is 14.0. The number of fused-ring (bicyclic) bond motifs is 3. The molecular weight excluding hydrogens is 882 g/mol. The van der Waals surface area contributed by atoms with Crippen molar-refractivity contribution in [1.82, 2.24) is 29.5 Å². The van der Waals surface area contributed by atoms with Crippen molar-refractivity contribution in [2.24, 2.45) is 13.0 Å². The van der Waals surface area contributed by atoms with E-state index in [1.807, 2.05) is 82.7 Å². The fourth-order valence-corrected chi connectivity index (χ4v) is 10.5. The van der Waals surface area contributed by atoms with Gasteiger partial charge in [0.2, 0.25) is 17.7 Å². The minimum absolute atomic E-state index is 0.121. The van der Waals surface area contributed by atoms with Gasteiger partial charge in [0.25, 0.3) is 5.91 Å². The summed E-state index contributed by atoms with van der Waals surface area (Å²) in [5, 5.41) is 13.8. The second-order valence-corrected chi connectivity index (χ2v) is 19.6. The van der Waals surface area contributed by atoms with Crippen LogP contribution in [0.2, 0.25) is 5.02 Å². The lowest BCUT2D eigenvalue weighted by atomic mass is 9.95. The summed E-state index contributed by atoms with van der Waals surface area (Å²) in [6.07, 6.45) is 2.83. The number of carbonyl (C=O) groups excluding carboxylic acids is 5. The maximum Gasteiger partial charge on any atom is 0.355 e. The summed E-state index contributed by atoms with van der Waals surface area (Å²) in [7, 11) is 1.92. The normalized spacial score (nSPS) is 17.0. The monoisotopic (exact) mass is 939 g/mol. The van der Waals surface area contributed by atoms with E-state index in [1.54, 1.807) is 18.2 Å². The number of esters is 1. The molecule has 354 valence electrons. The van der Waals surface area contributed by atoms with Gasteiger partial charge in [0.15, 0.2) is 0 Å². The lowest BCUT2D eigenvalue weighted by Gasteiger charge is -2.32. The van der Waals surface area contributed by atoms with Crippen LogP contribution >= 0.6 is 11.6 Å². The number of ether oxygens (including phenoxy) is 2. The van der Waals surface area contributed by atoms with E-state index in [1.165, 1.54) is 4.90 Å². The van der Waals surface area contributed by atoms with Gasteiger partial charge in [-0.1, -0.05) is 60.1 Å². The number of hydrogen-bond acceptors (Lipinski definition) is 9. The van der Waals surface area contributed by atoms with Crippen LogP contribution in [0, 0.1) is 19.8 Å². The molecule has 3 aliphatic rings. The van der Waals surface area contributed by atoms with E-state index >= 15 is 0 Å². The number of likely N-dealkylation sites (tertiary alicyclic amines) is 1. The predicted octanol–water partition coefficient (Wildman–Crippen LogP) is 8.54. The summed E-state index contributed by atoms with van der Waals surface area (Å²) in [4.78, 5) is 70.2. The SMILES string of the molecule is Cc1nn(C)c(C)c1-c1c(Cl)ccc2c(CCCOc3cccc4ccccc34)c(C(=O)OC(C)(C)C)n(CCN3CCC(C(=O)Nc4cccc5c4CN(C4CCC(=O)NC4=O)C5=O)CC3)c12. The van der Waals surface area contributed by atoms with E-state index in [0.717, 1.165) is 55.5 Å². The number of hydrogen-bond donors (Lipinski definition) is 2. The van der Waals surface area contributed by atoms with E-state index in [4.69, 9.17) is 26.2 Å². The van der Waals surface area contributed by atoms with Crippen molar-refractivity contribution < 1.29 is 33.4 Å². The minimum atomic E-state index is -0.755.